The average Bonchev–Trinajstić information content (AvgIpc) is 3.14. The first-order valence-electron chi connectivity index (χ1n) is 9.36. The molecule has 3 aromatic rings. The van der Waals surface area contributed by atoms with Crippen LogP contribution in [0.25, 0.3) is 5.65 Å². The summed E-state index contributed by atoms with van der Waals surface area (Å²) in [4.78, 5) is 4.62. The van der Waals surface area contributed by atoms with Crippen LogP contribution in [0, 0.1) is 13.8 Å². The fourth-order valence-electron chi connectivity index (χ4n) is 3.91. The number of sulfonamides is 1. The molecular weight excluding hydrogens is 376 g/mol. The zero-order valence-electron chi connectivity index (χ0n) is 16.3. The minimum atomic E-state index is -3.52. The van der Waals surface area contributed by atoms with Crippen LogP contribution in [0.15, 0.2) is 41.6 Å². The lowest BCUT2D eigenvalue weighted by molar-refractivity contribution is 0.315. The number of aromatic nitrogens is 3. The van der Waals surface area contributed by atoms with Gasteiger partial charge in [-0.1, -0.05) is 0 Å². The Labute approximate surface area is 165 Å². The molecule has 0 unspecified atom stereocenters. The lowest BCUT2D eigenvalue weighted by Crippen LogP contribution is -2.38. The minimum Gasteiger partial charge on any atom is -0.497 e. The fourth-order valence-corrected chi connectivity index (χ4v) is 5.58. The number of benzene rings is 1. The minimum absolute atomic E-state index is 0.246. The van der Waals surface area contributed by atoms with Crippen molar-refractivity contribution in [1.82, 2.24) is 18.9 Å². The molecule has 2 aromatic heterocycles. The molecule has 0 spiro atoms. The molecule has 1 saturated heterocycles. The molecule has 1 aromatic carbocycles. The van der Waals surface area contributed by atoms with E-state index in [4.69, 9.17) is 9.84 Å². The molecule has 28 heavy (non-hydrogen) atoms. The molecule has 0 saturated carbocycles. The molecule has 0 bridgehead atoms. The van der Waals surface area contributed by atoms with E-state index in [1.165, 1.54) is 0 Å². The van der Waals surface area contributed by atoms with E-state index in [0.717, 1.165) is 29.7 Å². The first-order chi connectivity index (χ1) is 13.4. The summed E-state index contributed by atoms with van der Waals surface area (Å²) < 4.78 is 34.8. The van der Waals surface area contributed by atoms with Gasteiger partial charge < -0.3 is 4.74 Å². The van der Waals surface area contributed by atoms with Gasteiger partial charge in [-0.15, -0.1) is 0 Å². The number of hydrogen-bond acceptors (Lipinski definition) is 5. The number of nitrogens with zero attached hydrogens (tertiary/aromatic N) is 4. The zero-order valence-corrected chi connectivity index (χ0v) is 17.1. The van der Waals surface area contributed by atoms with Crippen LogP contribution in [0.2, 0.25) is 0 Å². The summed E-state index contributed by atoms with van der Waals surface area (Å²) >= 11 is 0. The van der Waals surface area contributed by atoms with E-state index in [2.05, 4.69) is 4.98 Å². The molecule has 0 aliphatic carbocycles. The third-order valence-electron chi connectivity index (χ3n) is 5.46. The van der Waals surface area contributed by atoms with Crippen LogP contribution in [0.1, 0.15) is 35.6 Å². The molecule has 8 heteroatoms. The van der Waals surface area contributed by atoms with E-state index in [1.54, 1.807) is 47.3 Å². The van der Waals surface area contributed by atoms with Crippen molar-refractivity contribution >= 4 is 15.7 Å². The van der Waals surface area contributed by atoms with Gasteiger partial charge in [0.1, 0.15) is 5.75 Å². The van der Waals surface area contributed by atoms with Gasteiger partial charge in [-0.25, -0.2) is 17.9 Å². The molecule has 1 fully saturated rings. The monoisotopic (exact) mass is 400 g/mol. The van der Waals surface area contributed by atoms with Crippen molar-refractivity contribution in [1.29, 1.82) is 0 Å². The number of imidazole rings is 1. The zero-order chi connectivity index (χ0) is 19.9. The van der Waals surface area contributed by atoms with E-state index in [9.17, 15) is 8.42 Å². The SMILES string of the molecule is COc1ccc(S(=O)(=O)N2CCC(c3nn4ccnc4cc3C)CC2)c(C)c1. The Morgan fingerprint density at radius 3 is 2.54 bits per heavy atom. The molecule has 0 atom stereocenters. The number of rotatable bonds is 4. The number of aryl methyl sites for hydroxylation is 2. The van der Waals surface area contributed by atoms with Crippen LogP contribution in [0.5, 0.6) is 5.75 Å². The van der Waals surface area contributed by atoms with Gasteiger partial charge in [-0.05, 0) is 62.1 Å². The van der Waals surface area contributed by atoms with E-state index < -0.39 is 10.0 Å². The molecule has 1 aliphatic heterocycles. The highest BCUT2D eigenvalue weighted by atomic mass is 32.2. The highest BCUT2D eigenvalue weighted by molar-refractivity contribution is 7.89. The second-order valence-electron chi connectivity index (χ2n) is 7.25. The predicted molar refractivity (Wildman–Crippen MR) is 106 cm³/mol. The van der Waals surface area contributed by atoms with Crippen molar-refractivity contribution in [2.45, 2.75) is 37.5 Å². The highest BCUT2D eigenvalue weighted by Gasteiger charge is 2.32. The third kappa shape index (κ3) is 3.27. The van der Waals surface area contributed by atoms with Crippen LogP contribution in [-0.2, 0) is 10.0 Å². The van der Waals surface area contributed by atoms with Gasteiger partial charge >= 0.3 is 0 Å². The first-order valence-corrected chi connectivity index (χ1v) is 10.8. The Kier molecular flexibility index (Phi) is 4.84. The number of ether oxygens (including phenoxy) is 1. The third-order valence-corrected chi connectivity index (χ3v) is 7.51. The lowest BCUT2D eigenvalue weighted by Gasteiger charge is -2.31. The van der Waals surface area contributed by atoms with Crippen molar-refractivity contribution in [2.75, 3.05) is 20.2 Å². The number of piperidine rings is 1. The van der Waals surface area contributed by atoms with Crippen LogP contribution >= 0.6 is 0 Å². The Bertz CT molecular complexity index is 1120. The molecule has 0 radical (unpaired) electrons. The Balaban J connectivity index is 1.53. The Morgan fingerprint density at radius 2 is 1.86 bits per heavy atom. The lowest BCUT2D eigenvalue weighted by atomic mass is 9.92. The molecule has 7 nitrogen and oxygen atoms in total. The van der Waals surface area contributed by atoms with Crippen LogP contribution in [-0.4, -0.2) is 47.5 Å². The van der Waals surface area contributed by atoms with Gasteiger partial charge in [0.05, 0.1) is 17.7 Å². The maximum absolute atomic E-state index is 13.1. The van der Waals surface area contributed by atoms with E-state index in [0.29, 0.717) is 29.3 Å². The molecule has 0 N–H and O–H groups in total. The number of fused-ring (bicyclic) bond motifs is 1. The number of methoxy groups -OCH3 is 1. The van der Waals surface area contributed by atoms with Crippen LogP contribution in [0.4, 0.5) is 0 Å². The van der Waals surface area contributed by atoms with Gasteiger partial charge in [0.25, 0.3) is 0 Å². The second-order valence-corrected chi connectivity index (χ2v) is 9.16. The standard InChI is InChI=1S/C20H24N4O3S/c1-14-12-17(27-3)4-5-18(14)28(25,26)23-9-6-16(7-10-23)20-15(2)13-19-21-8-11-24(19)22-20/h4-5,8,11-13,16H,6-7,9-10H2,1-3H3. The molecule has 1 aliphatic rings. The van der Waals surface area contributed by atoms with Gasteiger partial charge in [-0.2, -0.15) is 9.40 Å². The summed E-state index contributed by atoms with van der Waals surface area (Å²) in [6, 6.07) is 7.12. The summed E-state index contributed by atoms with van der Waals surface area (Å²) in [6.45, 7) is 4.82. The van der Waals surface area contributed by atoms with Crippen LogP contribution in [0.3, 0.4) is 0 Å². The predicted octanol–water partition coefficient (Wildman–Crippen LogP) is 2.92. The van der Waals surface area contributed by atoms with Gasteiger partial charge in [-0.3, -0.25) is 0 Å². The number of hydrogen-bond donors (Lipinski definition) is 0. The quantitative estimate of drug-likeness (QED) is 0.673. The van der Waals surface area contributed by atoms with E-state index in [-0.39, 0.29) is 5.92 Å². The summed E-state index contributed by atoms with van der Waals surface area (Å²) in [6.07, 6.45) is 5.08. The molecular formula is C20H24N4O3S. The summed E-state index contributed by atoms with van der Waals surface area (Å²) in [5.41, 5.74) is 3.66. The van der Waals surface area contributed by atoms with Crippen LogP contribution < -0.4 is 4.74 Å². The maximum Gasteiger partial charge on any atom is 0.243 e. The van der Waals surface area contributed by atoms with Crippen molar-refractivity contribution in [3.63, 3.8) is 0 Å². The van der Waals surface area contributed by atoms with Gasteiger partial charge in [0.15, 0.2) is 5.65 Å². The van der Waals surface area contributed by atoms with Crippen molar-refractivity contribution in [3.05, 3.63) is 53.5 Å². The molecule has 148 valence electrons. The van der Waals surface area contributed by atoms with Gasteiger partial charge in [0, 0.05) is 31.4 Å². The normalized spacial score (nSPS) is 16.5. The Hall–Kier alpha value is -2.45. The fraction of sp³-hybridized carbons (Fsp3) is 0.400. The average molecular weight is 401 g/mol. The van der Waals surface area contributed by atoms with Crippen molar-refractivity contribution < 1.29 is 13.2 Å². The van der Waals surface area contributed by atoms with Crippen molar-refractivity contribution in [2.24, 2.45) is 0 Å². The largest absolute Gasteiger partial charge is 0.497 e. The highest BCUT2D eigenvalue weighted by Crippen LogP contribution is 2.32. The van der Waals surface area contributed by atoms with Crippen molar-refractivity contribution in [3.8, 4) is 5.75 Å². The smallest absolute Gasteiger partial charge is 0.243 e. The second kappa shape index (κ2) is 7.18. The maximum atomic E-state index is 13.1. The molecule has 3 heterocycles. The summed E-state index contributed by atoms with van der Waals surface area (Å²) in [5, 5.41) is 4.71. The molecule has 0 amide bonds. The summed E-state index contributed by atoms with van der Waals surface area (Å²) in [7, 11) is -1.94. The van der Waals surface area contributed by atoms with E-state index >= 15 is 0 Å². The summed E-state index contributed by atoms with van der Waals surface area (Å²) in [5.74, 6) is 0.904. The Morgan fingerprint density at radius 1 is 1.11 bits per heavy atom. The first kappa shape index (κ1) is 18.9. The molecule has 4 rings (SSSR count). The van der Waals surface area contributed by atoms with E-state index in [1.807, 2.05) is 19.2 Å². The van der Waals surface area contributed by atoms with Gasteiger partial charge in [0.2, 0.25) is 10.0 Å². The topological polar surface area (TPSA) is 76.8 Å².